The summed E-state index contributed by atoms with van der Waals surface area (Å²) in [6.45, 7) is 0. The van der Waals surface area contributed by atoms with Crippen LogP contribution in [0.5, 0.6) is 0 Å². The highest BCUT2D eigenvalue weighted by atomic mass is 79.9. The van der Waals surface area contributed by atoms with Crippen LogP contribution >= 0.6 is 39.5 Å². The van der Waals surface area contributed by atoms with Gasteiger partial charge < -0.3 is 5.32 Å². The molecule has 0 unspecified atom stereocenters. The SMILES string of the molecule is CSCC(=O)Nc1ccc(Sc2ccc(Br)cc2)cc1. The molecule has 0 saturated carbocycles. The normalized spacial score (nSPS) is 10.3. The third-order valence-electron chi connectivity index (χ3n) is 2.46. The van der Waals surface area contributed by atoms with Gasteiger partial charge in [0, 0.05) is 20.0 Å². The molecular formula is C15H14BrNOS2. The molecule has 0 atom stereocenters. The van der Waals surface area contributed by atoms with E-state index < -0.39 is 0 Å². The largest absolute Gasteiger partial charge is 0.325 e. The highest BCUT2D eigenvalue weighted by Crippen LogP contribution is 2.29. The van der Waals surface area contributed by atoms with E-state index in [2.05, 4.69) is 33.4 Å². The van der Waals surface area contributed by atoms with Crippen molar-refractivity contribution in [2.45, 2.75) is 9.79 Å². The lowest BCUT2D eigenvalue weighted by molar-refractivity contribution is -0.113. The fourth-order valence-corrected chi connectivity index (χ4v) is 2.99. The Morgan fingerprint density at radius 3 is 2.15 bits per heavy atom. The van der Waals surface area contributed by atoms with Gasteiger partial charge in [0.1, 0.15) is 0 Å². The van der Waals surface area contributed by atoms with E-state index >= 15 is 0 Å². The second-order valence-corrected chi connectivity index (χ2v) is 6.99. The van der Waals surface area contributed by atoms with Gasteiger partial charge in [-0.3, -0.25) is 4.79 Å². The Balaban J connectivity index is 1.97. The minimum atomic E-state index is 0.0332. The molecule has 2 rings (SSSR count). The molecule has 0 aliphatic rings. The average Bonchev–Trinajstić information content (AvgIpc) is 2.44. The van der Waals surface area contributed by atoms with E-state index in [9.17, 15) is 4.79 Å². The predicted octanol–water partition coefficient (Wildman–Crippen LogP) is 4.90. The molecule has 0 saturated heterocycles. The van der Waals surface area contributed by atoms with Gasteiger partial charge in [-0.05, 0) is 54.8 Å². The highest BCUT2D eigenvalue weighted by molar-refractivity contribution is 9.10. The second kappa shape index (κ2) is 7.76. The van der Waals surface area contributed by atoms with Gasteiger partial charge >= 0.3 is 0 Å². The summed E-state index contributed by atoms with van der Waals surface area (Å²) >= 11 is 6.64. The van der Waals surface area contributed by atoms with E-state index in [-0.39, 0.29) is 5.91 Å². The summed E-state index contributed by atoms with van der Waals surface area (Å²) in [5.74, 6) is 0.515. The van der Waals surface area contributed by atoms with Crippen LogP contribution in [0.4, 0.5) is 5.69 Å². The van der Waals surface area contributed by atoms with Crippen molar-refractivity contribution in [3.8, 4) is 0 Å². The van der Waals surface area contributed by atoms with Gasteiger partial charge in [-0.1, -0.05) is 27.7 Å². The summed E-state index contributed by atoms with van der Waals surface area (Å²) in [4.78, 5) is 13.8. The molecule has 0 fully saturated rings. The number of anilines is 1. The van der Waals surface area contributed by atoms with Gasteiger partial charge in [-0.15, -0.1) is 0 Å². The first kappa shape index (κ1) is 15.5. The van der Waals surface area contributed by atoms with Crippen LogP contribution in [0.25, 0.3) is 0 Å². The summed E-state index contributed by atoms with van der Waals surface area (Å²) in [5, 5.41) is 2.87. The number of rotatable bonds is 5. The summed E-state index contributed by atoms with van der Waals surface area (Å²) in [6.07, 6.45) is 1.91. The number of carbonyl (C=O) groups excluding carboxylic acids is 1. The van der Waals surface area contributed by atoms with Crippen LogP contribution in [0.1, 0.15) is 0 Å². The van der Waals surface area contributed by atoms with Crippen LogP contribution in [0.15, 0.2) is 62.8 Å². The van der Waals surface area contributed by atoms with E-state index in [1.807, 2.05) is 42.7 Å². The molecule has 0 aromatic heterocycles. The lowest BCUT2D eigenvalue weighted by atomic mass is 10.3. The number of carbonyl (C=O) groups is 1. The van der Waals surface area contributed by atoms with Crippen LogP contribution in [0, 0.1) is 0 Å². The number of halogens is 1. The maximum Gasteiger partial charge on any atom is 0.234 e. The van der Waals surface area contributed by atoms with Crippen molar-refractivity contribution in [1.82, 2.24) is 0 Å². The van der Waals surface area contributed by atoms with Gasteiger partial charge in [0.25, 0.3) is 0 Å². The molecule has 20 heavy (non-hydrogen) atoms. The maximum absolute atomic E-state index is 11.5. The Morgan fingerprint density at radius 1 is 1.05 bits per heavy atom. The second-order valence-electron chi connectivity index (χ2n) is 4.06. The fourth-order valence-electron chi connectivity index (χ4n) is 1.57. The number of hydrogen-bond donors (Lipinski definition) is 1. The molecule has 0 radical (unpaired) electrons. The maximum atomic E-state index is 11.5. The van der Waals surface area contributed by atoms with Crippen molar-refractivity contribution in [2.24, 2.45) is 0 Å². The van der Waals surface area contributed by atoms with Crippen molar-refractivity contribution < 1.29 is 4.79 Å². The molecule has 0 aliphatic heterocycles. The Kier molecular flexibility index (Phi) is 6.01. The van der Waals surface area contributed by atoms with Gasteiger partial charge in [-0.25, -0.2) is 0 Å². The summed E-state index contributed by atoms with van der Waals surface area (Å²) < 4.78 is 1.08. The van der Waals surface area contributed by atoms with Crippen molar-refractivity contribution in [3.05, 3.63) is 53.0 Å². The monoisotopic (exact) mass is 367 g/mol. The van der Waals surface area contributed by atoms with Crippen molar-refractivity contribution >= 4 is 51.0 Å². The first-order valence-corrected chi connectivity index (χ1v) is 9.00. The smallest absolute Gasteiger partial charge is 0.234 e. The minimum Gasteiger partial charge on any atom is -0.325 e. The molecule has 1 amide bonds. The van der Waals surface area contributed by atoms with E-state index in [4.69, 9.17) is 0 Å². The van der Waals surface area contributed by atoms with Crippen LogP contribution in [0.2, 0.25) is 0 Å². The molecule has 5 heteroatoms. The van der Waals surface area contributed by atoms with Gasteiger partial charge in [0.05, 0.1) is 5.75 Å². The molecule has 104 valence electrons. The van der Waals surface area contributed by atoms with Crippen LogP contribution in [-0.4, -0.2) is 17.9 Å². The number of hydrogen-bond acceptors (Lipinski definition) is 3. The molecule has 2 aromatic carbocycles. The standard InChI is InChI=1S/C15H14BrNOS2/c1-19-10-15(18)17-12-4-8-14(9-5-12)20-13-6-2-11(16)3-7-13/h2-9H,10H2,1H3,(H,17,18). The van der Waals surface area contributed by atoms with Gasteiger partial charge in [-0.2, -0.15) is 11.8 Å². The lowest BCUT2D eigenvalue weighted by Gasteiger charge is -2.06. The minimum absolute atomic E-state index is 0.0332. The zero-order valence-electron chi connectivity index (χ0n) is 10.9. The van der Waals surface area contributed by atoms with Crippen molar-refractivity contribution in [1.29, 1.82) is 0 Å². The van der Waals surface area contributed by atoms with Crippen LogP contribution < -0.4 is 5.32 Å². The Labute approximate surface area is 135 Å². The molecule has 0 spiro atoms. The quantitative estimate of drug-likeness (QED) is 0.814. The summed E-state index contributed by atoms with van der Waals surface area (Å²) in [6, 6.07) is 16.1. The van der Waals surface area contributed by atoms with Gasteiger partial charge in [0.15, 0.2) is 0 Å². The van der Waals surface area contributed by atoms with E-state index in [1.165, 1.54) is 16.7 Å². The summed E-state index contributed by atoms with van der Waals surface area (Å²) in [7, 11) is 0. The van der Waals surface area contributed by atoms with Crippen LogP contribution in [0.3, 0.4) is 0 Å². The molecule has 0 heterocycles. The molecule has 0 bridgehead atoms. The molecule has 0 aliphatic carbocycles. The predicted molar refractivity (Wildman–Crippen MR) is 91.7 cm³/mol. The van der Waals surface area contributed by atoms with Crippen LogP contribution in [-0.2, 0) is 4.79 Å². The number of amides is 1. The zero-order chi connectivity index (χ0) is 14.4. The Morgan fingerprint density at radius 2 is 1.60 bits per heavy atom. The molecule has 1 N–H and O–H groups in total. The first-order valence-electron chi connectivity index (χ1n) is 5.99. The summed E-state index contributed by atoms with van der Waals surface area (Å²) in [5.41, 5.74) is 0.837. The topological polar surface area (TPSA) is 29.1 Å². The number of nitrogens with one attached hydrogen (secondary N) is 1. The van der Waals surface area contributed by atoms with E-state index in [1.54, 1.807) is 11.8 Å². The lowest BCUT2D eigenvalue weighted by Crippen LogP contribution is -2.13. The third kappa shape index (κ3) is 4.89. The van der Waals surface area contributed by atoms with Crippen molar-refractivity contribution in [3.63, 3.8) is 0 Å². The third-order valence-corrected chi connectivity index (χ3v) is 4.56. The average molecular weight is 368 g/mol. The van der Waals surface area contributed by atoms with E-state index in [0.29, 0.717) is 5.75 Å². The Hall–Kier alpha value is -0.910. The highest BCUT2D eigenvalue weighted by Gasteiger charge is 2.02. The van der Waals surface area contributed by atoms with Gasteiger partial charge in [0.2, 0.25) is 5.91 Å². The molecule has 2 nitrogen and oxygen atoms in total. The zero-order valence-corrected chi connectivity index (χ0v) is 14.1. The van der Waals surface area contributed by atoms with Crippen molar-refractivity contribution in [2.75, 3.05) is 17.3 Å². The van der Waals surface area contributed by atoms with E-state index in [0.717, 1.165) is 15.1 Å². The fraction of sp³-hybridized carbons (Fsp3) is 0.133. The molecular weight excluding hydrogens is 354 g/mol. The first-order chi connectivity index (χ1) is 9.67. The number of benzene rings is 2. The Bertz CT molecular complexity index is 569. The molecule has 2 aromatic rings. The number of thioether (sulfide) groups is 1.